The minimum Gasteiger partial charge on any atom is -0.497 e. The number of ketones is 1. The van der Waals surface area contributed by atoms with Crippen molar-refractivity contribution in [1.82, 2.24) is 0 Å². The number of Topliss-reactive ketones (excluding diaryl/α,β-unsaturated/α-hetero) is 1. The van der Waals surface area contributed by atoms with Crippen LogP contribution in [0, 0.1) is 34.0 Å². The van der Waals surface area contributed by atoms with Crippen molar-refractivity contribution in [2.75, 3.05) is 26.9 Å². The van der Waals surface area contributed by atoms with E-state index in [0.29, 0.717) is 13.2 Å². The molecule has 0 radical (unpaired) electrons. The lowest BCUT2D eigenvalue weighted by Gasteiger charge is -2.55. The molecule has 37 heavy (non-hydrogen) atoms. The van der Waals surface area contributed by atoms with Crippen LogP contribution in [0.4, 0.5) is 0 Å². The van der Waals surface area contributed by atoms with Crippen molar-refractivity contribution in [1.29, 1.82) is 0 Å². The molecule has 0 aromatic heterocycles. The van der Waals surface area contributed by atoms with Crippen molar-refractivity contribution >= 4 is 11.8 Å². The lowest BCUT2D eigenvalue weighted by molar-refractivity contribution is -0.344. The van der Waals surface area contributed by atoms with E-state index in [4.69, 9.17) is 18.9 Å². The van der Waals surface area contributed by atoms with E-state index in [0.717, 1.165) is 37.0 Å². The molecule has 1 saturated heterocycles. The van der Waals surface area contributed by atoms with Crippen molar-refractivity contribution in [3.63, 3.8) is 0 Å². The van der Waals surface area contributed by atoms with E-state index in [1.54, 1.807) is 14.0 Å². The van der Waals surface area contributed by atoms with E-state index < -0.39 is 17.1 Å². The normalized spacial score (nSPS) is 40.5. The Labute approximate surface area is 220 Å². The van der Waals surface area contributed by atoms with Gasteiger partial charge in [0, 0.05) is 28.1 Å². The average Bonchev–Trinajstić information content (AvgIpc) is 3.38. The Hall–Kier alpha value is -2.18. The second kappa shape index (κ2) is 8.16. The number of ether oxygens (including phenoxy) is 4. The van der Waals surface area contributed by atoms with E-state index in [9.17, 15) is 9.59 Å². The van der Waals surface area contributed by atoms with Gasteiger partial charge in [0.1, 0.15) is 11.5 Å². The predicted molar refractivity (Wildman–Crippen MR) is 138 cm³/mol. The van der Waals surface area contributed by atoms with Gasteiger partial charge in [-0.3, -0.25) is 9.59 Å². The van der Waals surface area contributed by atoms with Gasteiger partial charge in [-0.2, -0.15) is 0 Å². The quantitative estimate of drug-likeness (QED) is 0.400. The summed E-state index contributed by atoms with van der Waals surface area (Å²) < 4.78 is 24.4. The highest BCUT2D eigenvalue weighted by Gasteiger charge is 2.85. The van der Waals surface area contributed by atoms with Gasteiger partial charge in [-0.05, 0) is 42.9 Å². The zero-order valence-electron chi connectivity index (χ0n) is 22.8. The van der Waals surface area contributed by atoms with Crippen molar-refractivity contribution < 1.29 is 28.5 Å². The lowest BCUT2D eigenvalue weighted by Crippen LogP contribution is -2.59. The first-order valence-corrected chi connectivity index (χ1v) is 13.9. The third kappa shape index (κ3) is 3.00. The largest absolute Gasteiger partial charge is 0.497 e. The molecule has 6 nitrogen and oxygen atoms in total. The Morgan fingerprint density at radius 1 is 1.03 bits per heavy atom. The van der Waals surface area contributed by atoms with Crippen molar-refractivity contribution in [2.45, 2.75) is 71.0 Å². The van der Waals surface area contributed by atoms with Gasteiger partial charge in [0.2, 0.25) is 0 Å². The van der Waals surface area contributed by atoms with Crippen molar-refractivity contribution in [3.05, 3.63) is 42.0 Å². The van der Waals surface area contributed by atoms with Gasteiger partial charge in [-0.25, -0.2) is 0 Å². The fourth-order valence-electron chi connectivity index (χ4n) is 9.12. The first kappa shape index (κ1) is 25.1. The summed E-state index contributed by atoms with van der Waals surface area (Å²) in [4.78, 5) is 27.6. The number of benzene rings is 1. The highest BCUT2D eigenvalue weighted by atomic mass is 16.7. The maximum Gasteiger partial charge on any atom is 0.306 e. The summed E-state index contributed by atoms with van der Waals surface area (Å²) in [6.45, 7) is 9.71. The van der Waals surface area contributed by atoms with Crippen LogP contribution >= 0.6 is 0 Å². The van der Waals surface area contributed by atoms with Crippen molar-refractivity contribution in [3.8, 4) is 5.75 Å². The van der Waals surface area contributed by atoms with Gasteiger partial charge in [-0.15, -0.1) is 0 Å². The van der Waals surface area contributed by atoms with Crippen molar-refractivity contribution in [2.24, 2.45) is 34.0 Å². The monoisotopic (exact) mass is 508 g/mol. The molecule has 0 N–H and O–H groups in total. The van der Waals surface area contributed by atoms with E-state index in [1.165, 1.54) is 0 Å². The van der Waals surface area contributed by atoms with Crippen LogP contribution in [0.15, 0.2) is 36.4 Å². The molecule has 200 valence electrons. The maximum absolute atomic E-state index is 14.7. The number of esters is 1. The third-order valence-electron chi connectivity index (χ3n) is 10.7. The molecular weight excluding hydrogens is 468 g/mol. The van der Waals surface area contributed by atoms with Crippen LogP contribution in [-0.4, -0.2) is 44.5 Å². The van der Waals surface area contributed by atoms with E-state index in [-0.39, 0.29) is 52.9 Å². The Morgan fingerprint density at radius 3 is 2.35 bits per heavy atom. The molecule has 6 rings (SSSR count). The second-order valence-corrected chi connectivity index (χ2v) is 12.9. The number of allylic oxidation sites excluding steroid dienone is 2. The summed E-state index contributed by atoms with van der Waals surface area (Å²) in [5.74, 6) is -1.75. The van der Waals surface area contributed by atoms with E-state index >= 15 is 0 Å². The third-order valence-corrected chi connectivity index (χ3v) is 10.7. The topological polar surface area (TPSA) is 71.1 Å². The molecule has 4 aliphatic carbocycles. The number of hydrogen-bond acceptors (Lipinski definition) is 6. The van der Waals surface area contributed by atoms with E-state index in [2.05, 4.69) is 45.1 Å². The summed E-state index contributed by atoms with van der Waals surface area (Å²) >= 11 is 0. The molecule has 1 spiro atoms. The summed E-state index contributed by atoms with van der Waals surface area (Å²) in [6.07, 6.45) is 9.02. The van der Waals surface area contributed by atoms with Gasteiger partial charge in [0.15, 0.2) is 5.79 Å². The molecule has 1 aliphatic heterocycles. The zero-order chi connectivity index (χ0) is 26.3. The number of fused-ring (bicyclic) bond motifs is 3. The standard InChI is InChI=1S/C31H40O6/c1-6-35-23(32)17-22-25(33)24-26(31(22)36-18-27(2,3)19-37-31)29-14-8-7-13-28(29,4)30(24,16-15-29)20-9-11-21(34-5)12-10-20/h9-12,15-16,22,24,26H,6-8,13-14,17-19H2,1-5H3/t22-,24-,26+,28+,29+,30-/m1/s1. The van der Waals surface area contributed by atoms with Crippen LogP contribution in [-0.2, 0) is 29.2 Å². The highest BCUT2D eigenvalue weighted by molar-refractivity contribution is 5.94. The summed E-state index contributed by atoms with van der Waals surface area (Å²) in [5.41, 5.74) is 0.0998. The van der Waals surface area contributed by atoms with E-state index in [1.807, 2.05) is 12.1 Å². The molecule has 0 amide bonds. The van der Waals surface area contributed by atoms with Gasteiger partial charge >= 0.3 is 5.97 Å². The molecular formula is C31H40O6. The summed E-state index contributed by atoms with van der Waals surface area (Å²) in [7, 11) is 1.67. The zero-order valence-corrected chi connectivity index (χ0v) is 22.8. The highest BCUT2D eigenvalue weighted by Crippen LogP contribution is 2.82. The molecule has 1 aromatic carbocycles. The van der Waals surface area contributed by atoms with Gasteiger partial charge in [0.05, 0.1) is 39.3 Å². The van der Waals surface area contributed by atoms with Gasteiger partial charge < -0.3 is 18.9 Å². The first-order chi connectivity index (χ1) is 17.6. The van der Waals surface area contributed by atoms with Crippen LogP contribution in [0.1, 0.15) is 65.4 Å². The van der Waals surface area contributed by atoms with Gasteiger partial charge in [-0.1, -0.05) is 57.9 Å². The Balaban J connectivity index is 1.55. The molecule has 6 atom stereocenters. The predicted octanol–water partition coefficient (Wildman–Crippen LogP) is 5.24. The van der Waals surface area contributed by atoms with Crippen LogP contribution in [0.3, 0.4) is 0 Å². The fraction of sp³-hybridized carbons (Fsp3) is 0.677. The minimum atomic E-state index is -1.12. The molecule has 0 unspecified atom stereocenters. The number of methoxy groups -OCH3 is 1. The van der Waals surface area contributed by atoms with Crippen LogP contribution in [0.2, 0.25) is 0 Å². The fourth-order valence-corrected chi connectivity index (χ4v) is 9.12. The molecule has 6 heteroatoms. The lowest BCUT2D eigenvalue weighted by atomic mass is 9.51. The number of rotatable bonds is 5. The maximum atomic E-state index is 14.7. The summed E-state index contributed by atoms with van der Waals surface area (Å²) in [6, 6.07) is 8.26. The molecule has 3 saturated carbocycles. The number of hydrogen-bond donors (Lipinski definition) is 0. The molecule has 1 heterocycles. The minimum absolute atomic E-state index is 0.00834. The second-order valence-electron chi connectivity index (χ2n) is 12.9. The first-order valence-electron chi connectivity index (χ1n) is 13.9. The van der Waals surface area contributed by atoms with Crippen LogP contribution < -0.4 is 4.74 Å². The van der Waals surface area contributed by atoms with Gasteiger partial charge in [0.25, 0.3) is 0 Å². The number of carbonyl (C=O) groups excluding carboxylic acids is 2. The Morgan fingerprint density at radius 2 is 1.70 bits per heavy atom. The molecule has 1 aromatic rings. The van der Waals surface area contributed by atoms with Crippen LogP contribution in [0.25, 0.3) is 0 Å². The SMILES string of the molecule is CCOC(=O)C[C@@H]1C(=O)[C@@H]2[C@H](C13OCC(C)(C)CO3)[C@]13C=C[C@]2(c2ccc(OC)cc2)[C@@]1(C)CCCC3. The Kier molecular flexibility index (Phi) is 5.54. The average molecular weight is 509 g/mol. The van der Waals surface area contributed by atoms with Crippen LogP contribution in [0.5, 0.6) is 5.75 Å². The number of carbonyl (C=O) groups is 2. The smallest absolute Gasteiger partial charge is 0.306 e. The molecule has 5 aliphatic rings. The molecule has 2 bridgehead atoms. The Bertz CT molecular complexity index is 1130. The summed E-state index contributed by atoms with van der Waals surface area (Å²) in [5, 5.41) is 0. The molecule has 4 fully saturated rings.